The number of carbonyl (C=O) groups excluding carboxylic acids is 1. The van der Waals surface area contributed by atoms with E-state index in [1.807, 2.05) is 20.8 Å². The molecule has 23 heavy (non-hydrogen) atoms. The Hall–Kier alpha value is -1.37. The van der Waals surface area contributed by atoms with Crippen LogP contribution in [-0.4, -0.2) is 30.0 Å². The first-order valence-electron chi connectivity index (χ1n) is 7.94. The molecule has 0 spiro atoms. The van der Waals surface area contributed by atoms with Gasteiger partial charge in [0.15, 0.2) is 15.7 Å². The van der Waals surface area contributed by atoms with Crippen molar-refractivity contribution in [2.24, 2.45) is 5.92 Å². The molecule has 1 aromatic heterocycles. The van der Waals surface area contributed by atoms with E-state index >= 15 is 0 Å². The summed E-state index contributed by atoms with van der Waals surface area (Å²) >= 11 is 0. The average Bonchev–Trinajstić information content (AvgIpc) is 2.82. The molecule has 1 amide bonds. The molecule has 1 heterocycles. The van der Waals surface area contributed by atoms with Gasteiger partial charge in [-0.05, 0) is 32.6 Å². The van der Waals surface area contributed by atoms with Crippen molar-refractivity contribution in [3.8, 4) is 0 Å². The third-order valence-electron chi connectivity index (χ3n) is 4.50. The Bertz CT molecular complexity index is 679. The first-order chi connectivity index (χ1) is 10.4. The third-order valence-corrected chi connectivity index (χ3v) is 7.15. The highest BCUT2D eigenvalue weighted by Crippen LogP contribution is 2.32. The van der Waals surface area contributed by atoms with Gasteiger partial charge in [0.2, 0.25) is 5.91 Å². The van der Waals surface area contributed by atoms with Gasteiger partial charge < -0.3 is 9.84 Å². The lowest BCUT2D eigenvalue weighted by molar-refractivity contribution is -0.117. The molecule has 1 aromatic rings. The molecule has 0 radical (unpaired) electrons. The van der Waals surface area contributed by atoms with Crippen LogP contribution in [0.15, 0.2) is 10.6 Å². The average molecular weight is 342 g/mol. The van der Waals surface area contributed by atoms with E-state index in [4.69, 9.17) is 4.52 Å². The summed E-state index contributed by atoms with van der Waals surface area (Å²) in [5.74, 6) is 0.548. The number of sulfone groups is 1. The van der Waals surface area contributed by atoms with Crippen LogP contribution in [0.3, 0.4) is 0 Å². The van der Waals surface area contributed by atoms with Crippen molar-refractivity contribution >= 4 is 21.6 Å². The minimum Gasteiger partial charge on any atom is -0.359 e. The van der Waals surface area contributed by atoms with Crippen LogP contribution in [0.4, 0.5) is 5.82 Å². The Morgan fingerprint density at radius 2 is 1.91 bits per heavy atom. The van der Waals surface area contributed by atoms with Crippen molar-refractivity contribution in [2.75, 3.05) is 11.1 Å². The molecular weight excluding hydrogens is 316 g/mol. The fraction of sp³-hybridized carbons (Fsp3) is 0.750. The van der Waals surface area contributed by atoms with Crippen LogP contribution < -0.4 is 5.32 Å². The lowest BCUT2D eigenvalue weighted by atomic mass is 9.87. The van der Waals surface area contributed by atoms with Crippen LogP contribution in [-0.2, 0) is 20.0 Å². The molecule has 0 unspecified atom stereocenters. The molecule has 1 fully saturated rings. The maximum Gasteiger partial charge on any atom is 0.246 e. The summed E-state index contributed by atoms with van der Waals surface area (Å²) in [4.78, 5) is 12.5. The normalized spacial score (nSPS) is 16.9. The number of hydrogen-bond donors (Lipinski definition) is 1. The number of carbonyl (C=O) groups is 1. The summed E-state index contributed by atoms with van der Waals surface area (Å²) in [6, 6.07) is 1.63. The second kappa shape index (κ2) is 5.92. The fourth-order valence-corrected chi connectivity index (χ4v) is 3.98. The summed E-state index contributed by atoms with van der Waals surface area (Å²) < 4.78 is 28.8. The van der Waals surface area contributed by atoms with Crippen LogP contribution in [0.1, 0.15) is 59.6 Å². The van der Waals surface area contributed by atoms with Gasteiger partial charge in [-0.2, -0.15) is 0 Å². The highest BCUT2D eigenvalue weighted by molar-refractivity contribution is 7.93. The quantitative estimate of drug-likeness (QED) is 0.888. The molecule has 0 aliphatic heterocycles. The summed E-state index contributed by atoms with van der Waals surface area (Å²) in [5, 5.41) is 6.37. The SMILES string of the molecule is CC(C)(C)c1cc(NC(=O)C(C)(C)S(=O)(=O)CC2CCC2)no1. The summed E-state index contributed by atoms with van der Waals surface area (Å²) in [5.41, 5.74) is -0.234. The topological polar surface area (TPSA) is 89.3 Å². The molecule has 0 bridgehead atoms. The smallest absolute Gasteiger partial charge is 0.246 e. The van der Waals surface area contributed by atoms with Crippen LogP contribution in [0.2, 0.25) is 0 Å². The van der Waals surface area contributed by atoms with E-state index in [0.717, 1.165) is 19.3 Å². The van der Waals surface area contributed by atoms with Gasteiger partial charge in [-0.25, -0.2) is 8.42 Å². The minimum atomic E-state index is -3.53. The van der Waals surface area contributed by atoms with E-state index in [1.54, 1.807) is 6.07 Å². The maximum absolute atomic E-state index is 12.5. The second-order valence-electron chi connectivity index (χ2n) is 7.87. The largest absolute Gasteiger partial charge is 0.359 e. The van der Waals surface area contributed by atoms with Gasteiger partial charge in [0.25, 0.3) is 0 Å². The monoisotopic (exact) mass is 342 g/mol. The number of hydrogen-bond acceptors (Lipinski definition) is 5. The number of rotatable bonds is 5. The van der Waals surface area contributed by atoms with Crippen molar-refractivity contribution in [1.82, 2.24) is 5.16 Å². The summed E-state index contributed by atoms with van der Waals surface area (Å²) in [6.07, 6.45) is 2.92. The Morgan fingerprint density at radius 3 is 2.35 bits per heavy atom. The molecule has 1 N–H and O–H groups in total. The molecule has 130 valence electrons. The van der Waals surface area contributed by atoms with E-state index in [0.29, 0.717) is 5.76 Å². The highest BCUT2D eigenvalue weighted by atomic mass is 32.2. The number of amides is 1. The van der Waals surface area contributed by atoms with E-state index in [-0.39, 0.29) is 22.9 Å². The Morgan fingerprint density at radius 1 is 1.30 bits per heavy atom. The van der Waals surface area contributed by atoms with Gasteiger partial charge in [-0.15, -0.1) is 0 Å². The molecule has 0 aromatic carbocycles. The zero-order chi connectivity index (χ0) is 17.5. The molecule has 1 aliphatic carbocycles. The first kappa shape index (κ1) is 18.0. The molecule has 0 saturated heterocycles. The zero-order valence-corrected chi connectivity index (χ0v) is 15.3. The molecule has 1 saturated carbocycles. The van der Waals surface area contributed by atoms with Gasteiger partial charge in [0.05, 0.1) is 5.75 Å². The van der Waals surface area contributed by atoms with Crippen molar-refractivity contribution in [3.63, 3.8) is 0 Å². The van der Waals surface area contributed by atoms with Gasteiger partial charge >= 0.3 is 0 Å². The third kappa shape index (κ3) is 3.76. The minimum absolute atomic E-state index is 0.0689. The molecule has 1 aliphatic rings. The van der Waals surface area contributed by atoms with Crippen LogP contribution >= 0.6 is 0 Å². The molecule has 7 heteroatoms. The van der Waals surface area contributed by atoms with Crippen LogP contribution in [0.5, 0.6) is 0 Å². The van der Waals surface area contributed by atoms with E-state index < -0.39 is 20.5 Å². The molecule has 2 rings (SSSR count). The lowest BCUT2D eigenvalue weighted by Crippen LogP contribution is -2.47. The summed E-state index contributed by atoms with van der Waals surface area (Å²) in [7, 11) is -3.53. The number of nitrogens with zero attached hydrogens (tertiary/aromatic N) is 1. The van der Waals surface area contributed by atoms with Crippen molar-refractivity contribution in [2.45, 2.75) is 64.0 Å². The van der Waals surface area contributed by atoms with Gasteiger partial charge in [-0.1, -0.05) is 32.3 Å². The summed E-state index contributed by atoms with van der Waals surface area (Å²) in [6.45, 7) is 8.78. The fourth-order valence-electron chi connectivity index (χ4n) is 2.27. The van der Waals surface area contributed by atoms with Crippen LogP contribution in [0.25, 0.3) is 0 Å². The predicted molar refractivity (Wildman–Crippen MR) is 89.0 cm³/mol. The lowest BCUT2D eigenvalue weighted by Gasteiger charge is -2.30. The molecular formula is C16H26N2O4S. The molecule has 6 nitrogen and oxygen atoms in total. The maximum atomic E-state index is 12.5. The predicted octanol–water partition coefficient (Wildman–Crippen LogP) is 2.90. The van der Waals surface area contributed by atoms with Gasteiger partial charge in [0, 0.05) is 11.5 Å². The van der Waals surface area contributed by atoms with Crippen molar-refractivity contribution in [1.29, 1.82) is 0 Å². The van der Waals surface area contributed by atoms with E-state index in [2.05, 4.69) is 10.5 Å². The Labute approximate surface area is 137 Å². The second-order valence-corrected chi connectivity index (χ2v) is 10.5. The van der Waals surface area contributed by atoms with Gasteiger partial charge in [-0.3, -0.25) is 4.79 Å². The Kier molecular flexibility index (Phi) is 4.63. The standard InChI is InChI=1S/C16H26N2O4S/c1-15(2,3)12-9-13(18-22-12)17-14(19)16(4,5)23(20,21)10-11-7-6-8-11/h9,11H,6-8,10H2,1-5H3,(H,17,18,19). The number of nitrogens with one attached hydrogen (secondary N) is 1. The van der Waals surface area contributed by atoms with Crippen molar-refractivity contribution < 1.29 is 17.7 Å². The zero-order valence-electron chi connectivity index (χ0n) is 14.5. The highest BCUT2D eigenvalue weighted by Gasteiger charge is 2.43. The number of aromatic nitrogens is 1. The molecule has 0 atom stereocenters. The Balaban J connectivity index is 2.10. The van der Waals surface area contributed by atoms with E-state index in [1.165, 1.54) is 13.8 Å². The van der Waals surface area contributed by atoms with Crippen LogP contribution in [0, 0.1) is 5.92 Å². The first-order valence-corrected chi connectivity index (χ1v) is 9.59. The van der Waals surface area contributed by atoms with E-state index in [9.17, 15) is 13.2 Å². The van der Waals surface area contributed by atoms with Gasteiger partial charge in [0.1, 0.15) is 10.5 Å². The van der Waals surface area contributed by atoms with Crippen molar-refractivity contribution in [3.05, 3.63) is 11.8 Å². The number of anilines is 1.